The Hall–Kier alpha value is -1.39. The maximum Gasteiger partial charge on any atom is 0.111 e. The zero-order valence-corrected chi connectivity index (χ0v) is 13.1. The summed E-state index contributed by atoms with van der Waals surface area (Å²) in [4.78, 5) is 8.76. The van der Waals surface area contributed by atoms with E-state index in [-0.39, 0.29) is 0 Å². The van der Waals surface area contributed by atoms with Crippen molar-refractivity contribution < 1.29 is 0 Å². The Morgan fingerprint density at radius 3 is 2.95 bits per heavy atom. The summed E-state index contributed by atoms with van der Waals surface area (Å²) < 4.78 is 3.29. The first-order chi connectivity index (χ1) is 9.78. The molecule has 0 aliphatic heterocycles. The molecule has 0 fully saturated rings. The maximum atomic E-state index is 5.89. The molecule has 1 aromatic carbocycles. The van der Waals surface area contributed by atoms with Gasteiger partial charge in [0.1, 0.15) is 11.3 Å². The molecule has 0 aliphatic rings. The highest BCUT2D eigenvalue weighted by atomic mass is 79.9. The van der Waals surface area contributed by atoms with Gasteiger partial charge in [0.15, 0.2) is 0 Å². The summed E-state index contributed by atoms with van der Waals surface area (Å²) in [5, 5.41) is 0. The minimum Gasteiger partial charge on any atom is -0.323 e. The van der Waals surface area contributed by atoms with Crippen LogP contribution in [0.4, 0.5) is 0 Å². The average molecular weight is 351 g/mol. The second-order valence-corrected chi connectivity index (χ2v) is 5.84. The number of nitrogens with zero attached hydrogens (tertiary/aromatic N) is 3. The largest absolute Gasteiger partial charge is 0.323 e. The van der Waals surface area contributed by atoms with Gasteiger partial charge in [-0.05, 0) is 23.8 Å². The van der Waals surface area contributed by atoms with Crippen molar-refractivity contribution in [3.8, 4) is 0 Å². The molecule has 0 N–H and O–H groups in total. The summed E-state index contributed by atoms with van der Waals surface area (Å²) in [5.74, 6) is 1.57. The number of imidazole rings is 1. The number of halogens is 2. The Balaban J connectivity index is 2.06. The quantitative estimate of drug-likeness (QED) is 0.665. The van der Waals surface area contributed by atoms with Crippen molar-refractivity contribution in [2.45, 2.75) is 13.0 Å². The Bertz CT molecular complexity index is 739. The summed E-state index contributed by atoms with van der Waals surface area (Å²) in [5.41, 5.74) is 3.24. The monoisotopic (exact) mass is 349 g/mol. The smallest absolute Gasteiger partial charge is 0.111 e. The van der Waals surface area contributed by atoms with E-state index in [0.29, 0.717) is 5.88 Å². The van der Waals surface area contributed by atoms with Gasteiger partial charge in [0.05, 0.1) is 11.7 Å². The molecule has 5 heteroatoms. The standard InChI is InChI=1S/C15H13BrClN3/c16-12-3-1-2-11(8-12)10-20-14-5-7-18-9-13(14)19-15(20)4-6-17/h1-3,5,7-9H,4,6,10H2. The van der Waals surface area contributed by atoms with E-state index in [9.17, 15) is 0 Å². The predicted molar refractivity (Wildman–Crippen MR) is 85.2 cm³/mol. The fourth-order valence-electron chi connectivity index (χ4n) is 2.30. The number of aromatic nitrogens is 3. The number of aryl methyl sites for hydroxylation is 1. The molecule has 0 radical (unpaired) electrons. The highest BCUT2D eigenvalue weighted by Gasteiger charge is 2.10. The average Bonchev–Trinajstić information content (AvgIpc) is 2.78. The van der Waals surface area contributed by atoms with Crippen molar-refractivity contribution in [1.29, 1.82) is 0 Å². The SMILES string of the molecule is ClCCc1nc2cnccc2n1Cc1cccc(Br)c1. The van der Waals surface area contributed by atoms with E-state index in [1.165, 1.54) is 5.56 Å². The van der Waals surface area contributed by atoms with Gasteiger partial charge in [0.25, 0.3) is 0 Å². The molecule has 0 bridgehead atoms. The molecule has 0 saturated carbocycles. The molecule has 0 spiro atoms. The molecule has 102 valence electrons. The van der Waals surface area contributed by atoms with Crippen molar-refractivity contribution in [2.75, 3.05) is 5.88 Å². The molecule has 3 rings (SSSR count). The minimum absolute atomic E-state index is 0.565. The van der Waals surface area contributed by atoms with Gasteiger partial charge in [0, 0.05) is 29.5 Å². The highest BCUT2D eigenvalue weighted by molar-refractivity contribution is 9.10. The summed E-state index contributed by atoms with van der Waals surface area (Å²) in [6, 6.07) is 10.3. The van der Waals surface area contributed by atoms with E-state index in [2.05, 4.69) is 42.6 Å². The van der Waals surface area contributed by atoms with Gasteiger partial charge in [-0.15, -0.1) is 11.6 Å². The lowest BCUT2D eigenvalue weighted by Gasteiger charge is -2.09. The Morgan fingerprint density at radius 1 is 1.25 bits per heavy atom. The Labute approximate surface area is 130 Å². The van der Waals surface area contributed by atoms with Crippen LogP contribution in [-0.2, 0) is 13.0 Å². The molecule has 2 aromatic heterocycles. The van der Waals surface area contributed by atoms with Gasteiger partial charge in [0.2, 0.25) is 0 Å². The predicted octanol–water partition coefficient (Wildman–Crippen LogP) is 4.02. The lowest BCUT2D eigenvalue weighted by molar-refractivity contribution is 0.754. The minimum atomic E-state index is 0.565. The van der Waals surface area contributed by atoms with Gasteiger partial charge in [-0.3, -0.25) is 4.98 Å². The summed E-state index contributed by atoms with van der Waals surface area (Å²) in [7, 11) is 0. The van der Waals surface area contributed by atoms with Gasteiger partial charge in [-0.25, -0.2) is 4.98 Å². The molecule has 0 atom stereocenters. The molecule has 0 unspecified atom stereocenters. The molecular formula is C15H13BrClN3. The number of alkyl halides is 1. The first-order valence-electron chi connectivity index (χ1n) is 6.37. The second kappa shape index (κ2) is 5.94. The molecule has 0 saturated heterocycles. The van der Waals surface area contributed by atoms with Crippen LogP contribution >= 0.6 is 27.5 Å². The summed E-state index contributed by atoms with van der Waals surface area (Å²) >= 11 is 9.40. The van der Waals surface area contributed by atoms with Crippen LogP contribution in [0.2, 0.25) is 0 Å². The first kappa shape index (κ1) is 13.6. The zero-order valence-electron chi connectivity index (χ0n) is 10.8. The van der Waals surface area contributed by atoms with Gasteiger partial charge >= 0.3 is 0 Å². The molecular weight excluding hydrogens is 338 g/mol. The number of pyridine rings is 1. The molecule has 2 heterocycles. The van der Waals surface area contributed by atoms with Crippen LogP contribution in [-0.4, -0.2) is 20.4 Å². The number of rotatable bonds is 4. The fraction of sp³-hybridized carbons (Fsp3) is 0.200. The van der Waals surface area contributed by atoms with Crippen LogP contribution in [0.5, 0.6) is 0 Å². The lowest BCUT2D eigenvalue weighted by atomic mass is 10.2. The van der Waals surface area contributed by atoms with Crippen molar-refractivity contribution in [1.82, 2.24) is 14.5 Å². The van der Waals surface area contributed by atoms with Crippen LogP contribution < -0.4 is 0 Å². The molecule has 3 aromatic rings. The van der Waals surface area contributed by atoms with Crippen molar-refractivity contribution in [3.05, 3.63) is 58.6 Å². The van der Waals surface area contributed by atoms with Gasteiger partial charge in [-0.1, -0.05) is 28.1 Å². The Morgan fingerprint density at radius 2 is 2.15 bits per heavy atom. The van der Waals surface area contributed by atoms with Crippen LogP contribution in [0.1, 0.15) is 11.4 Å². The van der Waals surface area contributed by atoms with E-state index in [1.54, 1.807) is 12.4 Å². The first-order valence-corrected chi connectivity index (χ1v) is 7.70. The van der Waals surface area contributed by atoms with E-state index >= 15 is 0 Å². The molecule has 20 heavy (non-hydrogen) atoms. The summed E-state index contributed by atoms with van der Waals surface area (Å²) in [6.45, 7) is 0.784. The van der Waals surface area contributed by atoms with Crippen LogP contribution in [0, 0.1) is 0 Å². The number of fused-ring (bicyclic) bond motifs is 1. The van der Waals surface area contributed by atoms with Gasteiger partial charge in [-0.2, -0.15) is 0 Å². The third-order valence-electron chi connectivity index (χ3n) is 3.18. The molecule has 0 amide bonds. The number of hydrogen-bond acceptors (Lipinski definition) is 2. The molecule has 3 nitrogen and oxygen atoms in total. The zero-order chi connectivity index (χ0) is 13.9. The normalized spacial score (nSPS) is 11.1. The highest BCUT2D eigenvalue weighted by Crippen LogP contribution is 2.19. The topological polar surface area (TPSA) is 30.7 Å². The third-order valence-corrected chi connectivity index (χ3v) is 3.86. The Kier molecular flexibility index (Phi) is 4.03. The second-order valence-electron chi connectivity index (χ2n) is 4.55. The van der Waals surface area contributed by atoms with Crippen LogP contribution in [0.25, 0.3) is 11.0 Å². The van der Waals surface area contributed by atoms with Crippen molar-refractivity contribution in [2.24, 2.45) is 0 Å². The summed E-state index contributed by atoms with van der Waals surface area (Å²) in [6.07, 6.45) is 4.35. The third kappa shape index (κ3) is 2.72. The van der Waals surface area contributed by atoms with E-state index in [0.717, 1.165) is 34.3 Å². The van der Waals surface area contributed by atoms with E-state index < -0.39 is 0 Å². The molecule has 0 aliphatic carbocycles. The lowest BCUT2D eigenvalue weighted by Crippen LogP contribution is -2.06. The fourth-order valence-corrected chi connectivity index (χ4v) is 2.92. The van der Waals surface area contributed by atoms with Gasteiger partial charge < -0.3 is 4.57 Å². The number of hydrogen-bond donors (Lipinski definition) is 0. The van der Waals surface area contributed by atoms with E-state index in [4.69, 9.17) is 11.6 Å². The number of benzene rings is 1. The van der Waals surface area contributed by atoms with Crippen molar-refractivity contribution in [3.63, 3.8) is 0 Å². The van der Waals surface area contributed by atoms with Crippen LogP contribution in [0.15, 0.2) is 47.2 Å². The maximum absolute atomic E-state index is 5.89. The van der Waals surface area contributed by atoms with Crippen LogP contribution in [0.3, 0.4) is 0 Å². The van der Waals surface area contributed by atoms with Crippen molar-refractivity contribution >= 4 is 38.6 Å². The van der Waals surface area contributed by atoms with E-state index in [1.807, 2.05) is 18.2 Å².